The minimum atomic E-state index is -4.01. The van der Waals surface area contributed by atoms with Gasteiger partial charge in [-0.05, 0) is 87.7 Å². The van der Waals surface area contributed by atoms with Crippen molar-refractivity contribution in [1.82, 2.24) is 20.2 Å². The lowest BCUT2D eigenvalue weighted by Crippen LogP contribution is -2.25. The Morgan fingerprint density at radius 2 is 1.49 bits per heavy atom. The van der Waals surface area contributed by atoms with Crippen LogP contribution in [0.2, 0.25) is 0 Å². The van der Waals surface area contributed by atoms with Crippen LogP contribution in [0.4, 0.5) is 5.69 Å². The Balaban J connectivity index is 1.67. The predicted octanol–water partition coefficient (Wildman–Crippen LogP) is 9.10. The van der Waals surface area contributed by atoms with Gasteiger partial charge in [0.15, 0.2) is 12.6 Å². The minimum Gasteiger partial charge on any atom is -0.325 e. The summed E-state index contributed by atoms with van der Waals surface area (Å²) in [6.07, 6.45) is 0.261. The summed E-state index contributed by atoms with van der Waals surface area (Å²) in [7, 11) is -4.01. The van der Waals surface area contributed by atoms with Gasteiger partial charge in [-0.25, -0.2) is 4.57 Å². The molecule has 10 nitrogen and oxygen atoms in total. The summed E-state index contributed by atoms with van der Waals surface area (Å²) in [4.78, 5) is 14.2. The number of amides is 1. The fourth-order valence-corrected chi connectivity index (χ4v) is 7.33. The highest BCUT2D eigenvalue weighted by Gasteiger charge is 2.37. The maximum Gasteiger partial charge on any atom is 0.477 e. The molecule has 12 heteroatoms. The van der Waals surface area contributed by atoms with Crippen LogP contribution in [-0.2, 0) is 36.1 Å². The minimum absolute atomic E-state index is 0.0786. The first-order valence-electron chi connectivity index (χ1n) is 15.5. The Morgan fingerprint density at radius 3 is 2.09 bits per heavy atom. The second-order valence-corrected chi connectivity index (χ2v) is 17.7. The van der Waals surface area contributed by atoms with Crippen molar-refractivity contribution >= 4 is 31.2 Å². The number of nitrogens with zero attached hydrogens (tertiary/aromatic N) is 4. The van der Waals surface area contributed by atoms with E-state index in [1.807, 2.05) is 73.7 Å². The fraction of sp³-hybridized carbons (Fsp3) is 0.429. The maximum absolute atomic E-state index is 13.7. The van der Waals surface area contributed by atoms with E-state index in [0.29, 0.717) is 5.82 Å². The van der Waals surface area contributed by atoms with Gasteiger partial charge in [0.1, 0.15) is 0 Å². The molecule has 1 heterocycles. The second kappa shape index (κ2) is 14.4. The number of tetrazole rings is 1. The van der Waals surface area contributed by atoms with Gasteiger partial charge < -0.3 is 5.32 Å². The molecule has 0 unspecified atom stereocenters. The third-order valence-corrected chi connectivity index (χ3v) is 9.44. The van der Waals surface area contributed by atoms with Crippen LogP contribution in [-0.4, -0.2) is 42.1 Å². The van der Waals surface area contributed by atoms with Crippen molar-refractivity contribution < 1.29 is 22.9 Å². The van der Waals surface area contributed by atoms with Gasteiger partial charge in [-0.1, -0.05) is 80.9 Å². The zero-order valence-electron chi connectivity index (χ0n) is 29.0. The molecular weight excluding hydrogens is 633 g/mol. The Kier molecular flexibility index (Phi) is 11.2. The van der Waals surface area contributed by atoms with Crippen LogP contribution < -0.4 is 5.32 Å². The zero-order valence-corrected chi connectivity index (χ0v) is 30.7. The summed E-state index contributed by atoms with van der Waals surface area (Å²) in [6.45, 7) is 18.8. The quantitative estimate of drug-likeness (QED) is 0.122. The smallest absolute Gasteiger partial charge is 0.325 e. The number of carbonyl (C=O) groups is 1. The Morgan fingerprint density at radius 1 is 0.872 bits per heavy atom. The van der Waals surface area contributed by atoms with Gasteiger partial charge in [-0.15, -0.1) is 16.9 Å². The third-order valence-electron chi connectivity index (χ3n) is 6.28. The van der Waals surface area contributed by atoms with Gasteiger partial charge in [0, 0.05) is 15.2 Å². The summed E-state index contributed by atoms with van der Waals surface area (Å²) in [5.74, 6) is 0.298. The van der Waals surface area contributed by atoms with Crippen molar-refractivity contribution in [2.45, 2.75) is 103 Å². The molecule has 4 rings (SSSR count). The average Bonchev–Trinajstić information content (AvgIpc) is 3.40. The van der Waals surface area contributed by atoms with Gasteiger partial charge in [-0.3, -0.25) is 18.4 Å². The van der Waals surface area contributed by atoms with Crippen molar-refractivity contribution in [2.75, 3.05) is 5.32 Å². The number of benzene rings is 3. The van der Waals surface area contributed by atoms with Gasteiger partial charge >= 0.3 is 7.82 Å². The fourth-order valence-electron chi connectivity index (χ4n) is 4.58. The summed E-state index contributed by atoms with van der Waals surface area (Å²) >= 11 is 1.68. The lowest BCUT2D eigenvalue weighted by molar-refractivity contribution is -0.115. The van der Waals surface area contributed by atoms with Crippen molar-refractivity contribution in [3.05, 3.63) is 77.9 Å². The Hall–Kier alpha value is -3.34. The number of anilines is 1. The first-order valence-corrected chi connectivity index (χ1v) is 17.8. The third kappa shape index (κ3) is 11.1. The van der Waals surface area contributed by atoms with Gasteiger partial charge in [0.2, 0.25) is 5.91 Å². The molecule has 0 radical (unpaired) electrons. The van der Waals surface area contributed by atoms with Crippen LogP contribution in [0.1, 0.15) is 73.4 Å². The van der Waals surface area contributed by atoms with E-state index in [0.717, 1.165) is 38.4 Å². The second-order valence-electron chi connectivity index (χ2n) is 14.3. The summed E-state index contributed by atoms with van der Waals surface area (Å²) in [5.41, 5.74) is 3.65. The number of phosphoric acid groups is 1. The van der Waals surface area contributed by atoms with E-state index >= 15 is 0 Å². The SMILES string of the molecule is Cc1ccc(CC(=O)Nc2cc(-c3ccccc3-c3nnnn3COP(=O)(OC(C)(C)C)OC(C)(C)C)ccc2SC(C)(C)C)cc1. The number of thioether (sulfide) groups is 1. The van der Waals surface area contributed by atoms with Crippen LogP contribution in [0.3, 0.4) is 0 Å². The number of hydrogen-bond acceptors (Lipinski definition) is 9. The standard InChI is InChI=1S/C35H46N5O5PS/c1-24-15-17-25(18-16-24)21-31(41)36-29-22-26(19-20-30(29)47-35(8,9)10)27-13-11-12-14-28(27)32-37-38-39-40(32)23-43-46(42,44-33(2,3)4)45-34(5,6)7/h11-20,22H,21,23H2,1-10H3,(H,36,41). The molecule has 0 fully saturated rings. The summed E-state index contributed by atoms with van der Waals surface area (Å²) in [5, 5.41) is 15.5. The molecule has 1 aromatic heterocycles. The molecule has 0 bridgehead atoms. The van der Waals surface area contributed by atoms with Crippen LogP contribution in [0.5, 0.6) is 0 Å². The monoisotopic (exact) mass is 679 g/mol. The number of phosphoric ester groups is 1. The topological polar surface area (TPSA) is 117 Å². The number of aryl methyl sites for hydroxylation is 1. The predicted molar refractivity (Wildman–Crippen MR) is 188 cm³/mol. The van der Waals surface area contributed by atoms with Gasteiger partial charge in [-0.2, -0.15) is 4.68 Å². The summed E-state index contributed by atoms with van der Waals surface area (Å²) < 4.78 is 32.3. The van der Waals surface area contributed by atoms with Crippen molar-refractivity contribution in [2.24, 2.45) is 0 Å². The molecule has 0 atom stereocenters. The van der Waals surface area contributed by atoms with Crippen molar-refractivity contribution in [3.63, 3.8) is 0 Å². The maximum atomic E-state index is 13.7. The highest BCUT2D eigenvalue weighted by Crippen LogP contribution is 2.55. The highest BCUT2D eigenvalue weighted by atomic mass is 32.2. The van der Waals surface area contributed by atoms with Gasteiger partial charge in [0.05, 0.1) is 23.3 Å². The van der Waals surface area contributed by atoms with E-state index in [1.54, 1.807) is 53.3 Å². The molecule has 1 amide bonds. The molecule has 0 aliphatic rings. The van der Waals surface area contributed by atoms with Crippen LogP contribution >= 0.6 is 19.6 Å². The Bertz CT molecular complexity index is 1720. The molecule has 1 N–H and O–H groups in total. The summed E-state index contributed by atoms with van der Waals surface area (Å²) in [6, 6.07) is 21.7. The van der Waals surface area contributed by atoms with Crippen LogP contribution in [0, 0.1) is 6.92 Å². The van der Waals surface area contributed by atoms with E-state index < -0.39 is 19.0 Å². The number of hydrogen-bond donors (Lipinski definition) is 1. The molecule has 0 aliphatic heterocycles. The lowest BCUT2D eigenvalue weighted by atomic mass is 9.98. The van der Waals surface area contributed by atoms with E-state index in [-0.39, 0.29) is 23.8 Å². The number of aromatic nitrogens is 4. The van der Waals surface area contributed by atoms with E-state index in [9.17, 15) is 9.36 Å². The van der Waals surface area contributed by atoms with Crippen LogP contribution in [0.25, 0.3) is 22.5 Å². The molecule has 0 saturated carbocycles. The molecular formula is C35H46N5O5PS. The molecule has 252 valence electrons. The first kappa shape index (κ1) is 36.5. The van der Waals surface area contributed by atoms with Crippen molar-refractivity contribution in [1.29, 1.82) is 0 Å². The molecule has 47 heavy (non-hydrogen) atoms. The molecule has 0 aliphatic carbocycles. The molecule has 3 aromatic carbocycles. The number of nitrogens with one attached hydrogen (secondary N) is 1. The van der Waals surface area contributed by atoms with Crippen molar-refractivity contribution in [3.8, 4) is 22.5 Å². The Labute approximate surface area is 282 Å². The lowest BCUT2D eigenvalue weighted by Gasteiger charge is -2.30. The largest absolute Gasteiger partial charge is 0.477 e. The molecule has 0 spiro atoms. The van der Waals surface area contributed by atoms with Gasteiger partial charge in [0.25, 0.3) is 0 Å². The zero-order chi connectivity index (χ0) is 34.6. The number of carbonyl (C=O) groups excluding carboxylic acids is 1. The average molecular weight is 680 g/mol. The van der Waals surface area contributed by atoms with Crippen LogP contribution in [0.15, 0.2) is 71.6 Å². The normalized spacial score (nSPS) is 12.7. The van der Waals surface area contributed by atoms with E-state index in [2.05, 4.69) is 41.6 Å². The molecule has 4 aromatic rings. The van der Waals surface area contributed by atoms with E-state index in [4.69, 9.17) is 13.6 Å². The number of rotatable bonds is 11. The van der Waals surface area contributed by atoms with E-state index in [1.165, 1.54) is 4.68 Å². The highest BCUT2D eigenvalue weighted by molar-refractivity contribution is 8.00. The molecule has 0 saturated heterocycles. The first-order chi connectivity index (χ1) is 21.8.